The van der Waals surface area contributed by atoms with Crippen LogP contribution in [0.15, 0.2) is 0 Å². The molecule has 1 heterocycles. The number of amides is 1. The second-order valence-electron chi connectivity index (χ2n) is 12.1. The normalized spacial score (nSPS) is 22.5. The van der Waals surface area contributed by atoms with E-state index in [1.165, 1.54) is 64.2 Å². The monoisotopic (exact) mass is 633 g/mol. The molecule has 44 heavy (non-hydrogen) atoms. The molecule has 0 aromatic carbocycles. The Morgan fingerprint density at radius 2 is 1.18 bits per heavy atom. The zero-order chi connectivity index (χ0) is 32.4. The average molecular weight is 634 g/mol. The topological polar surface area (TPSA) is 164 Å². The highest BCUT2D eigenvalue weighted by atomic mass is 16.7. The number of rotatable bonds is 28. The van der Waals surface area contributed by atoms with Gasteiger partial charge in [0.05, 0.1) is 13.2 Å². The number of hydrogen-bond donors (Lipinski definition) is 5. The molecule has 1 saturated heterocycles. The Balaban J connectivity index is 2.37. The van der Waals surface area contributed by atoms with Crippen molar-refractivity contribution in [1.82, 2.24) is 5.48 Å². The van der Waals surface area contributed by atoms with E-state index in [0.29, 0.717) is 6.42 Å². The number of aliphatic hydroxyl groups is 4. The van der Waals surface area contributed by atoms with Crippen LogP contribution in [-0.2, 0) is 28.6 Å². The highest BCUT2D eigenvalue weighted by Crippen LogP contribution is 2.22. The molecule has 260 valence electrons. The average Bonchev–Trinajstić information content (AvgIpc) is 3.02. The van der Waals surface area contributed by atoms with Gasteiger partial charge in [-0.1, -0.05) is 117 Å². The number of esters is 1. The van der Waals surface area contributed by atoms with Crippen LogP contribution in [0.25, 0.3) is 0 Å². The Hall–Kier alpha value is -1.34. The quantitative estimate of drug-likeness (QED) is 0.0467. The van der Waals surface area contributed by atoms with Crippen molar-refractivity contribution in [3.8, 4) is 0 Å². The van der Waals surface area contributed by atoms with Crippen LogP contribution in [0.4, 0.5) is 0 Å². The molecule has 1 amide bonds. The molecule has 1 fully saturated rings. The summed E-state index contributed by atoms with van der Waals surface area (Å²) in [6.45, 7) is 3.32. The number of carbonyl (C=O) groups excluding carboxylic acids is 2. The summed E-state index contributed by atoms with van der Waals surface area (Å²) in [6, 6.07) is 0. The van der Waals surface area contributed by atoms with Gasteiger partial charge in [0, 0.05) is 12.8 Å². The number of nitrogens with one attached hydrogen (secondary N) is 1. The molecule has 1 aliphatic rings. The smallest absolute Gasteiger partial charge is 0.305 e. The van der Waals surface area contributed by atoms with Crippen LogP contribution in [0, 0.1) is 0 Å². The maximum Gasteiger partial charge on any atom is 0.305 e. The van der Waals surface area contributed by atoms with Crippen LogP contribution in [0.1, 0.15) is 142 Å². The summed E-state index contributed by atoms with van der Waals surface area (Å²) in [6.07, 6.45) is 13.3. The van der Waals surface area contributed by atoms with Gasteiger partial charge in [-0.05, 0) is 12.8 Å². The van der Waals surface area contributed by atoms with Crippen molar-refractivity contribution in [1.29, 1.82) is 0 Å². The van der Waals surface area contributed by atoms with E-state index < -0.39 is 43.4 Å². The molecule has 11 heteroatoms. The lowest BCUT2D eigenvalue weighted by molar-refractivity contribution is -0.306. The van der Waals surface area contributed by atoms with Crippen LogP contribution in [0.2, 0.25) is 0 Å². The van der Waals surface area contributed by atoms with Gasteiger partial charge in [0.25, 0.3) is 0 Å². The lowest BCUT2D eigenvalue weighted by Crippen LogP contribution is -2.59. The van der Waals surface area contributed by atoms with Crippen molar-refractivity contribution in [2.45, 2.75) is 179 Å². The van der Waals surface area contributed by atoms with Gasteiger partial charge in [0.1, 0.15) is 37.1 Å². The second-order valence-corrected chi connectivity index (χ2v) is 12.1. The van der Waals surface area contributed by atoms with Gasteiger partial charge in [-0.25, -0.2) is 5.48 Å². The highest BCUT2D eigenvalue weighted by molar-refractivity contribution is 5.74. The maximum atomic E-state index is 12.4. The van der Waals surface area contributed by atoms with E-state index in [9.17, 15) is 30.0 Å². The molecule has 0 radical (unpaired) electrons. The molecule has 0 spiro atoms. The molecule has 0 aromatic rings. The Labute approximate surface area is 265 Å². The van der Waals surface area contributed by atoms with Crippen LogP contribution in [0.5, 0.6) is 0 Å². The lowest BCUT2D eigenvalue weighted by atomic mass is 9.99. The van der Waals surface area contributed by atoms with Crippen molar-refractivity contribution in [3.63, 3.8) is 0 Å². The largest absolute Gasteiger partial charge is 0.463 e. The number of unbranched alkanes of at least 4 members (excludes halogenated alkanes) is 16. The molecule has 5 N–H and O–H groups in total. The Kier molecular flexibility index (Phi) is 24.8. The summed E-state index contributed by atoms with van der Waals surface area (Å²) < 4.78 is 16.3. The van der Waals surface area contributed by atoms with Gasteiger partial charge in [0.15, 0.2) is 6.29 Å². The zero-order valence-electron chi connectivity index (χ0n) is 27.5. The molecule has 1 unspecified atom stereocenters. The number of ether oxygens (including phenoxy) is 3. The first kappa shape index (κ1) is 40.7. The minimum atomic E-state index is -1.59. The highest BCUT2D eigenvalue weighted by Gasteiger charge is 2.44. The van der Waals surface area contributed by atoms with Crippen molar-refractivity contribution in [2.24, 2.45) is 0 Å². The molecule has 1 rings (SSSR count). The fraction of sp³-hybridized carbons (Fsp3) is 0.939. The van der Waals surface area contributed by atoms with Gasteiger partial charge >= 0.3 is 5.97 Å². The molecular formula is C33H63NO10. The molecule has 0 aromatic heterocycles. The Bertz CT molecular complexity index is 710. The van der Waals surface area contributed by atoms with E-state index in [-0.39, 0.29) is 31.5 Å². The van der Waals surface area contributed by atoms with Crippen LogP contribution in [0.3, 0.4) is 0 Å². The summed E-state index contributed by atoms with van der Waals surface area (Å²) in [5, 5.41) is 39.6. The Morgan fingerprint density at radius 1 is 0.682 bits per heavy atom. The molecular weight excluding hydrogens is 570 g/mol. The maximum absolute atomic E-state index is 12.4. The van der Waals surface area contributed by atoms with Crippen molar-refractivity contribution >= 4 is 11.9 Å². The molecule has 0 saturated carbocycles. The van der Waals surface area contributed by atoms with Gasteiger partial charge in [-0.15, -0.1) is 0 Å². The van der Waals surface area contributed by atoms with Crippen molar-refractivity contribution < 1.29 is 49.1 Å². The molecule has 0 aliphatic carbocycles. The Morgan fingerprint density at radius 3 is 1.70 bits per heavy atom. The van der Waals surface area contributed by atoms with E-state index in [2.05, 4.69) is 19.3 Å². The van der Waals surface area contributed by atoms with Crippen LogP contribution in [-0.4, -0.2) is 88.9 Å². The number of carbonyl (C=O) groups is 2. The predicted octanol–water partition coefficient (Wildman–Crippen LogP) is 4.60. The summed E-state index contributed by atoms with van der Waals surface area (Å²) in [5.74, 6) is -0.686. The predicted molar refractivity (Wildman–Crippen MR) is 167 cm³/mol. The third kappa shape index (κ3) is 19.2. The van der Waals surface area contributed by atoms with Gasteiger partial charge in [-0.3, -0.25) is 14.4 Å². The van der Waals surface area contributed by atoms with Gasteiger partial charge in [-0.2, -0.15) is 0 Å². The van der Waals surface area contributed by atoms with E-state index in [1.54, 1.807) is 0 Å². The first-order chi connectivity index (χ1) is 21.3. The van der Waals surface area contributed by atoms with Crippen molar-refractivity contribution in [3.05, 3.63) is 0 Å². The third-order valence-corrected chi connectivity index (χ3v) is 8.06. The van der Waals surface area contributed by atoms with E-state index >= 15 is 0 Å². The molecule has 1 aliphatic heterocycles. The minimum absolute atomic E-state index is 0.203. The number of hydroxylamine groups is 1. The first-order valence-electron chi connectivity index (χ1n) is 17.4. The summed E-state index contributed by atoms with van der Waals surface area (Å²) >= 11 is 0. The van der Waals surface area contributed by atoms with Crippen LogP contribution < -0.4 is 5.48 Å². The SMILES string of the molecule is CCCCCCCCCCCCCCCC(=O)OCC(CO[C@@H]1O[C@H](CO)[C@@H](O)[C@H](O)[C@H]1O)ONC(=O)CCCCCCC. The number of aliphatic hydroxyl groups excluding tert-OH is 4. The van der Waals surface area contributed by atoms with Crippen molar-refractivity contribution in [2.75, 3.05) is 19.8 Å². The fourth-order valence-electron chi connectivity index (χ4n) is 5.16. The van der Waals surface area contributed by atoms with Gasteiger partial charge in [0.2, 0.25) is 5.91 Å². The first-order valence-corrected chi connectivity index (χ1v) is 17.4. The van der Waals surface area contributed by atoms with Crippen LogP contribution >= 0.6 is 0 Å². The lowest BCUT2D eigenvalue weighted by Gasteiger charge is -2.39. The minimum Gasteiger partial charge on any atom is -0.463 e. The summed E-state index contributed by atoms with van der Waals surface area (Å²) in [7, 11) is 0. The molecule has 0 bridgehead atoms. The molecule has 6 atom stereocenters. The standard InChI is InChI=1S/C33H63NO10/c1-3-5-7-9-10-11-12-13-14-15-16-18-20-22-29(37)41-24-26(44-34-28(36)21-19-17-8-6-4-2)25-42-33-32(40)31(39)30(38)27(23-35)43-33/h26-27,30-33,35,38-40H,3-25H2,1-2H3,(H,34,36)/t26?,27-,30-,31+,32-,33-/m1/s1. The molecule has 11 nitrogen and oxygen atoms in total. The summed E-state index contributed by atoms with van der Waals surface area (Å²) in [5.41, 5.74) is 2.38. The zero-order valence-corrected chi connectivity index (χ0v) is 27.5. The number of hydrogen-bond acceptors (Lipinski definition) is 10. The second kappa shape index (κ2) is 26.8. The van der Waals surface area contributed by atoms with E-state index in [0.717, 1.165) is 51.4 Å². The fourth-order valence-corrected chi connectivity index (χ4v) is 5.16. The third-order valence-electron chi connectivity index (χ3n) is 8.06. The van der Waals surface area contributed by atoms with E-state index in [1.807, 2.05) is 0 Å². The summed E-state index contributed by atoms with van der Waals surface area (Å²) in [4.78, 5) is 30.1. The van der Waals surface area contributed by atoms with Gasteiger partial charge < -0.3 is 34.6 Å². The van der Waals surface area contributed by atoms with E-state index in [4.69, 9.17) is 19.0 Å².